The lowest BCUT2D eigenvalue weighted by atomic mass is 9.97. The number of nitrogens with zero attached hydrogens (tertiary/aromatic N) is 3. The Morgan fingerprint density at radius 1 is 1.18 bits per heavy atom. The van der Waals surface area contributed by atoms with Crippen LogP contribution in [0.2, 0.25) is 0 Å². The van der Waals surface area contributed by atoms with Gasteiger partial charge < -0.3 is 9.15 Å². The lowest BCUT2D eigenvalue weighted by molar-refractivity contribution is -0.384. The molecule has 28 heavy (non-hydrogen) atoms. The van der Waals surface area contributed by atoms with Gasteiger partial charge in [-0.2, -0.15) is 5.10 Å². The summed E-state index contributed by atoms with van der Waals surface area (Å²) in [5.41, 5.74) is 2.73. The zero-order chi connectivity index (χ0) is 19.3. The zero-order valence-electron chi connectivity index (χ0n) is 14.5. The van der Waals surface area contributed by atoms with Gasteiger partial charge in [-0.15, -0.1) is 0 Å². The number of benzene rings is 2. The molecule has 0 aliphatic carbocycles. The van der Waals surface area contributed by atoms with Crippen LogP contribution in [0, 0.1) is 10.1 Å². The third-order valence-electron chi connectivity index (χ3n) is 4.95. The molecule has 7 nitrogen and oxygen atoms in total. The second-order valence-electron chi connectivity index (χ2n) is 6.62. The summed E-state index contributed by atoms with van der Waals surface area (Å²) in [6, 6.07) is 16.0. The molecular weight excluding hydrogens is 426 g/mol. The van der Waals surface area contributed by atoms with Gasteiger partial charge in [-0.1, -0.05) is 15.9 Å². The minimum absolute atomic E-state index is 0.0125. The predicted molar refractivity (Wildman–Crippen MR) is 105 cm³/mol. The van der Waals surface area contributed by atoms with Crippen LogP contribution in [0.1, 0.15) is 35.6 Å². The Morgan fingerprint density at radius 2 is 2.00 bits per heavy atom. The molecule has 2 aliphatic rings. The molecule has 0 saturated carbocycles. The van der Waals surface area contributed by atoms with Crippen LogP contribution in [0.25, 0.3) is 0 Å². The highest BCUT2D eigenvalue weighted by Gasteiger charge is 2.41. The summed E-state index contributed by atoms with van der Waals surface area (Å²) in [5, 5.41) is 17.7. The van der Waals surface area contributed by atoms with Gasteiger partial charge in [-0.3, -0.25) is 10.1 Å². The molecule has 8 heteroatoms. The molecule has 0 bridgehead atoms. The van der Waals surface area contributed by atoms with Crippen LogP contribution in [0.3, 0.4) is 0 Å². The highest BCUT2D eigenvalue weighted by atomic mass is 79.9. The summed E-state index contributed by atoms with van der Waals surface area (Å²) in [7, 11) is 0. The van der Waals surface area contributed by atoms with E-state index in [1.165, 1.54) is 12.1 Å². The van der Waals surface area contributed by atoms with E-state index in [0.29, 0.717) is 6.42 Å². The maximum absolute atomic E-state index is 11.0. The number of hydrogen-bond donors (Lipinski definition) is 0. The maximum atomic E-state index is 11.0. The number of nitro benzene ring substituents is 1. The molecule has 2 aromatic carbocycles. The summed E-state index contributed by atoms with van der Waals surface area (Å²) in [4.78, 5) is 10.6. The fraction of sp³-hybridized carbons (Fsp3) is 0.150. The number of hydrazone groups is 1. The van der Waals surface area contributed by atoms with Gasteiger partial charge in [-0.25, -0.2) is 5.01 Å². The molecule has 3 heterocycles. The third-order valence-corrected chi connectivity index (χ3v) is 5.44. The third kappa shape index (κ3) is 2.77. The van der Waals surface area contributed by atoms with Gasteiger partial charge in [0.15, 0.2) is 0 Å². The second-order valence-corrected chi connectivity index (χ2v) is 7.54. The van der Waals surface area contributed by atoms with Crippen molar-refractivity contribution in [2.24, 2.45) is 5.10 Å². The minimum atomic E-state index is -0.480. The first-order chi connectivity index (χ1) is 13.6. The molecule has 0 N–H and O–H groups in total. The highest BCUT2D eigenvalue weighted by molar-refractivity contribution is 9.10. The van der Waals surface area contributed by atoms with E-state index >= 15 is 0 Å². The van der Waals surface area contributed by atoms with Crippen molar-refractivity contribution in [3.05, 3.63) is 92.3 Å². The van der Waals surface area contributed by atoms with Crippen LogP contribution < -0.4 is 4.74 Å². The average molecular weight is 440 g/mol. The fourth-order valence-electron chi connectivity index (χ4n) is 3.63. The number of fused-ring (bicyclic) bond motifs is 3. The fourth-order valence-corrected chi connectivity index (χ4v) is 4.01. The molecule has 1 aromatic heterocycles. The van der Waals surface area contributed by atoms with E-state index in [1.54, 1.807) is 18.4 Å². The Hall–Kier alpha value is -3.13. The molecule has 0 saturated heterocycles. The van der Waals surface area contributed by atoms with Gasteiger partial charge in [0.1, 0.15) is 17.2 Å². The van der Waals surface area contributed by atoms with Crippen molar-refractivity contribution in [3.8, 4) is 5.75 Å². The quantitative estimate of drug-likeness (QED) is 0.414. The number of furan rings is 1. The largest absolute Gasteiger partial charge is 0.464 e. The van der Waals surface area contributed by atoms with E-state index in [4.69, 9.17) is 14.3 Å². The molecule has 0 amide bonds. The summed E-state index contributed by atoms with van der Waals surface area (Å²) in [6.07, 6.45) is 1.83. The molecular formula is C20H14BrN3O4. The highest BCUT2D eigenvalue weighted by Crippen LogP contribution is 2.48. The standard InChI is InChI=1S/C20H14BrN3O4/c21-13-5-8-18-15(10-13)17-11-16(19-2-1-9-27-19)22-23(17)20(28-18)12-3-6-14(7-4-12)24(25)26/h1-10,17,20H,11H2/t17-,20+/m0/s1. The van der Waals surface area contributed by atoms with E-state index in [1.807, 2.05) is 35.3 Å². The van der Waals surface area contributed by atoms with Crippen molar-refractivity contribution < 1.29 is 14.1 Å². The van der Waals surface area contributed by atoms with Gasteiger partial charge in [-0.05, 0) is 42.5 Å². The molecule has 0 unspecified atom stereocenters. The summed E-state index contributed by atoms with van der Waals surface area (Å²) in [5.74, 6) is 1.51. The molecule has 0 radical (unpaired) electrons. The van der Waals surface area contributed by atoms with Crippen LogP contribution in [-0.4, -0.2) is 15.6 Å². The van der Waals surface area contributed by atoms with Crippen LogP contribution in [0.5, 0.6) is 5.75 Å². The van der Waals surface area contributed by atoms with Crippen LogP contribution in [-0.2, 0) is 0 Å². The van der Waals surface area contributed by atoms with E-state index in [-0.39, 0.29) is 11.7 Å². The first kappa shape index (κ1) is 17.0. The zero-order valence-corrected chi connectivity index (χ0v) is 16.1. The molecule has 2 aliphatic heterocycles. The molecule has 5 rings (SSSR count). The molecule has 2 atom stereocenters. The Morgan fingerprint density at radius 3 is 2.71 bits per heavy atom. The number of rotatable bonds is 3. The molecule has 0 fully saturated rings. The van der Waals surface area contributed by atoms with Gasteiger partial charge in [0.2, 0.25) is 6.23 Å². The molecule has 0 spiro atoms. The van der Waals surface area contributed by atoms with Crippen molar-refractivity contribution >= 4 is 27.3 Å². The van der Waals surface area contributed by atoms with Crippen LogP contribution >= 0.6 is 15.9 Å². The summed E-state index contributed by atoms with van der Waals surface area (Å²) in [6.45, 7) is 0. The Kier molecular flexibility index (Phi) is 3.94. The minimum Gasteiger partial charge on any atom is -0.464 e. The van der Waals surface area contributed by atoms with Crippen molar-refractivity contribution in [2.45, 2.75) is 18.7 Å². The van der Waals surface area contributed by atoms with Crippen molar-refractivity contribution in [1.82, 2.24) is 5.01 Å². The molecule has 140 valence electrons. The average Bonchev–Trinajstić information content (AvgIpc) is 3.37. The SMILES string of the molecule is O=[N+]([O-])c1ccc([C@H]2Oc3ccc(Br)cc3[C@@H]3CC(c4ccco4)=NN23)cc1. The van der Waals surface area contributed by atoms with E-state index < -0.39 is 11.2 Å². The lowest BCUT2D eigenvalue weighted by Crippen LogP contribution is -2.33. The number of ether oxygens (including phenoxy) is 1. The summed E-state index contributed by atoms with van der Waals surface area (Å²) < 4.78 is 12.8. The predicted octanol–water partition coefficient (Wildman–Crippen LogP) is 5.19. The number of nitro groups is 1. The van der Waals surface area contributed by atoms with Crippen molar-refractivity contribution in [1.29, 1.82) is 0 Å². The summed E-state index contributed by atoms with van der Waals surface area (Å²) >= 11 is 3.53. The molecule has 3 aromatic rings. The first-order valence-corrected chi connectivity index (χ1v) is 9.49. The first-order valence-electron chi connectivity index (χ1n) is 8.70. The van der Waals surface area contributed by atoms with Gasteiger partial charge >= 0.3 is 0 Å². The Balaban J connectivity index is 1.58. The second kappa shape index (κ2) is 6.49. The number of non-ortho nitro benzene ring substituents is 1. The van der Waals surface area contributed by atoms with Gasteiger partial charge in [0.05, 0.1) is 17.2 Å². The maximum Gasteiger partial charge on any atom is 0.269 e. The van der Waals surface area contributed by atoms with E-state index in [0.717, 1.165) is 32.8 Å². The van der Waals surface area contributed by atoms with E-state index in [9.17, 15) is 10.1 Å². The van der Waals surface area contributed by atoms with Crippen LogP contribution in [0.4, 0.5) is 5.69 Å². The lowest BCUT2D eigenvalue weighted by Gasteiger charge is -2.38. The van der Waals surface area contributed by atoms with Crippen molar-refractivity contribution in [3.63, 3.8) is 0 Å². The monoisotopic (exact) mass is 439 g/mol. The van der Waals surface area contributed by atoms with Crippen molar-refractivity contribution in [2.75, 3.05) is 0 Å². The number of halogens is 1. The Labute approximate surface area is 168 Å². The van der Waals surface area contributed by atoms with E-state index in [2.05, 4.69) is 15.9 Å². The Bertz CT molecular complexity index is 1080. The normalized spacial score (nSPS) is 20.2. The van der Waals surface area contributed by atoms with Gasteiger partial charge in [0, 0.05) is 34.2 Å². The van der Waals surface area contributed by atoms with Crippen LogP contribution in [0.15, 0.2) is 74.9 Å². The smallest absolute Gasteiger partial charge is 0.269 e. The number of hydrogen-bond acceptors (Lipinski definition) is 6. The topological polar surface area (TPSA) is 81.1 Å². The van der Waals surface area contributed by atoms with Gasteiger partial charge in [0.25, 0.3) is 5.69 Å².